The van der Waals surface area contributed by atoms with Gasteiger partial charge in [-0.3, -0.25) is 4.98 Å². The number of benzene rings is 1. The molecule has 0 fully saturated rings. The molecule has 0 bridgehead atoms. The summed E-state index contributed by atoms with van der Waals surface area (Å²) < 4.78 is 10.4. The summed E-state index contributed by atoms with van der Waals surface area (Å²) in [6.07, 6.45) is 1.46. The Morgan fingerprint density at radius 3 is 2.58 bits per heavy atom. The zero-order valence-corrected chi connectivity index (χ0v) is 10.6. The lowest BCUT2D eigenvalue weighted by atomic mass is 10.1. The molecule has 0 aliphatic carbocycles. The van der Waals surface area contributed by atoms with Crippen molar-refractivity contribution in [3.8, 4) is 22.8 Å². The number of methoxy groups -OCH3 is 2. The average molecular weight is 259 g/mol. The summed E-state index contributed by atoms with van der Waals surface area (Å²) in [4.78, 5) is 15.2. The number of pyridine rings is 1. The smallest absolute Gasteiger partial charge is 0.335 e. The van der Waals surface area contributed by atoms with Crippen LogP contribution in [0.5, 0.6) is 11.5 Å². The predicted octanol–water partition coefficient (Wildman–Crippen LogP) is 2.46. The number of aromatic carboxylic acids is 1. The molecule has 1 aromatic carbocycles. The van der Waals surface area contributed by atoms with Crippen LogP contribution in [0.25, 0.3) is 11.3 Å². The topological polar surface area (TPSA) is 68.7 Å². The van der Waals surface area contributed by atoms with Crippen LogP contribution in [-0.4, -0.2) is 30.3 Å². The summed E-state index contributed by atoms with van der Waals surface area (Å²) in [6, 6.07) is 8.22. The van der Waals surface area contributed by atoms with Gasteiger partial charge in [0.15, 0.2) is 0 Å². The fraction of sp³-hybridized carbons (Fsp3) is 0.143. The van der Waals surface area contributed by atoms with E-state index in [-0.39, 0.29) is 5.56 Å². The lowest BCUT2D eigenvalue weighted by Gasteiger charge is -2.10. The van der Waals surface area contributed by atoms with E-state index in [0.29, 0.717) is 22.8 Å². The van der Waals surface area contributed by atoms with Crippen molar-refractivity contribution >= 4 is 5.97 Å². The van der Waals surface area contributed by atoms with Gasteiger partial charge in [-0.25, -0.2) is 4.79 Å². The number of nitrogens with zero attached hydrogens (tertiary/aromatic N) is 1. The molecule has 0 aliphatic heterocycles. The number of hydrogen-bond acceptors (Lipinski definition) is 4. The normalized spacial score (nSPS) is 10.0. The predicted molar refractivity (Wildman–Crippen MR) is 69.7 cm³/mol. The first-order valence-corrected chi connectivity index (χ1v) is 5.57. The molecule has 0 spiro atoms. The molecule has 0 saturated heterocycles. The Morgan fingerprint density at radius 2 is 1.95 bits per heavy atom. The van der Waals surface area contributed by atoms with Crippen molar-refractivity contribution in [1.29, 1.82) is 0 Å². The van der Waals surface area contributed by atoms with Gasteiger partial charge in [-0.05, 0) is 30.3 Å². The standard InChI is InChI=1S/C14H13NO4/c1-18-10-3-4-13(19-2)11(8-10)12-7-9(14(16)17)5-6-15-12/h3-8H,1-2H3,(H,16,17). The number of carbonyl (C=O) groups is 1. The maximum absolute atomic E-state index is 11.0. The molecule has 0 saturated carbocycles. The molecule has 1 aromatic heterocycles. The first kappa shape index (κ1) is 12.9. The second-order valence-electron chi connectivity index (χ2n) is 3.80. The summed E-state index contributed by atoms with van der Waals surface area (Å²) in [7, 11) is 3.11. The Balaban J connectivity index is 2.56. The molecule has 0 amide bonds. The molecule has 1 heterocycles. The van der Waals surface area contributed by atoms with Crippen LogP contribution in [0.4, 0.5) is 0 Å². The second kappa shape index (κ2) is 5.39. The number of aromatic nitrogens is 1. The minimum Gasteiger partial charge on any atom is -0.497 e. The number of carboxylic acid groups (broad SMARTS) is 1. The van der Waals surface area contributed by atoms with E-state index in [2.05, 4.69) is 4.98 Å². The quantitative estimate of drug-likeness (QED) is 0.913. The molecular weight excluding hydrogens is 246 g/mol. The van der Waals surface area contributed by atoms with Crippen molar-refractivity contribution in [2.75, 3.05) is 14.2 Å². The third kappa shape index (κ3) is 2.65. The fourth-order valence-electron chi connectivity index (χ4n) is 1.73. The van der Waals surface area contributed by atoms with E-state index in [0.717, 1.165) is 0 Å². The molecule has 2 rings (SSSR count). The van der Waals surface area contributed by atoms with E-state index >= 15 is 0 Å². The summed E-state index contributed by atoms with van der Waals surface area (Å²) in [6.45, 7) is 0. The van der Waals surface area contributed by atoms with Gasteiger partial charge in [0.25, 0.3) is 0 Å². The Hall–Kier alpha value is -2.56. The minimum atomic E-state index is -0.995. The van der Waals surface area contributed by atoms with Gasteiger partial charge in [0.2, 0.25) is 0 Å². The van der Waals surface area contributed by atoms with E-state index in [1.165, 1.54) is 18.3 Å². The van der Waals surface area contributed by atoms with Crippen LogP contribution in [0.15, 0.2) is 36.5 Å². The highest BCUT2D eigenvalue weighted by atomic mass is 16.5. The van der Waals surface area contributed by atoms with E-state index in [1.54, 1.807) is 32.4 Å². The van der Waals surface area contributed by atoms with Gasteiger partial charge in [-0.1, -0.05) is 0 Å². The Labute approximate surface area is 110 Å². The van der Waals surface area contributed by atoms with Gasteiger partial charge < -0.3 is 14.6 Å². The van der Waals surface area contributed by atoms with Crippen LogP contribution in [0.1, 0.15) is 10.4 Å². The van der Waals surface area contributed by atoms with Crippen LogP contribution in [0.2, 0.25) is 0 Å². The van der Waals surface area contributed by atoms with Crippen LogP contribution in [-0.2, 0) is 0 Å². The van der Waals surface area contributed by atoms with Gasteiger partial charge >= 0.3 is 5.97 Å². The minimum absolute atomic E-state index is 0.176. The van der Waals surface area contributed by atoms with Crippen LogP contribution in [0.3, 0.4) is 0 Å². The molecule has 1 N–H and O–H groups in total. The summed E-state index contributed by atoms with van der Waals surface area (Å²) >= 11 is 0. The lowest BCUT2D eigenvalue weighted by Crippen LogP contribution is -1.98. The van der Waals surface area contributed by atoms with Gasteiger partial charge in [0.1, 0.15) is 11.5 Å². The van der Waals surface area contributed by atoms with Crippen LogP contribution >= 0.6 is 0 Å². The monoisotopic (exact) mass is 259 g/mol. The number of ether oxygens (including phenoxy) is 2. The molecule has 5 heteroatoms. The maximum atomic E-state index is 11.0. The lowest BCUT2D eigenvalue weighted by molar-refractivity contribution is 0.0697. The Kier molecular flexibility index (Phi) is 3.66. The summed E-state index contributed by atoms with van der Waals surface area (Å²) in [5.74, 6) is 0.264. The highest BCUT2D eigenvalue weighted by Crippen LogP contribution is 2.32. The molecule has 19 heavy (non-hydrogen) atoms. The van der Waals surface area contributed by atoms with Crippen molar-refractivity contribution in [3.63, 3.8) is 0 Å². The number of hydrogen-bond donors (Lipinski definition) is 1. The molecule has 2 aromatic rings. The molecule has 98 valence electrons. The van der Waals surface area contributed by atoms with Gasteiger partial charge in [0, 0.05) is 11.8 Å². The van der Waals surface area contributed by atoms with Crippen LogP contribution in [0, 0.1) is 0 Å². The number of rotatable bonds is 4. The highest BCUT2D eigenvalue weighted by Gasteiger charge is 2.11. The molecule has 0 unspecified atom stereocenters. The Morgan fingerprint density at radius 1 is 1.16 bits per heavy atom. The van der Waals surface area contributed by atoms with Crippen LogP contribution < -0.4 is 9.47 Å². The average Bonchev–Trinajstić information content (AvgIpc) is 2.46. The first-order valence-electron chi connectivity index (χ1n) is 5.57. The SMILES string of the molecule is COc1ccc(OC)c(-c2cc(C(=O)O)ccn2)c1. The largest absolute Gasteiger partial charge is 0.497 e. The van der Waals surface area contributed by atoms with E-state index in [9.17, 15) is 4.79 Å². The van der Waals surface area contributed by atoms with Crippen molar-refractivity contribution in [1.82, 2.24) is 4.98 Å². The molecular formula is C14H13NO4. The van der Waals surface area contributed by atoms with Crippen molar-refractivity contribution in [3.05, 3.63) is 42.1 Å². The molecule has 0 atom stereocenters. The van der Waals surface area contributed by atoms with Gasteiger partial charge in [-0.15, -0.1) is 0 Å². The first-order chi connectivity index (χ1) is 9.15. The third-order valence-corrected chi connectivity index (χ3v) is 2.69. The molecule has 5 nitrogen and oxygen atoms in total. The maximum Gasteiger partial charge on any atom is 0.335 e. The van der Waals surface area contributed by atoms with Crippen molar-refractivity contribution < 1.29 is 19.4 Å². The highest BCUT2D eigenvalue weighted by molar-refractivity contribution is 5.89. The van der Waals surface area contributed by atoms with Gasteiger partial charge in [-0.2, -0.15) is 0 Å². The summed E-state index contributed by atoms with van der Waals surface area (Å²) in [5.41, 5.74) is 1.38. The third-order valence-electron chi connectivity index (χ3n) is 2.69. The molecule has 0 radical (unpaired) electrons. The van der Waals surface area contributed by atoms with E-state index in [1.807, 2.05) is 0 Å². The zero-order valence-electron chi connectivity index (χ0n) is 10.6. The second-order valence-corrected chi connectivity index (χ2v) is 3.80. The van der Waals surface area contributed by atoms with Crippen molar-refractivity contribution in [2.45, 2.75) is 0 Å². The fourth-order valence-corrected chi connectivity index (χ4v) is 1.73. The molecule has 0 aliphatic rings. The summed E-state index contributed by atoms with van der Waals surface area (Å²) in [5, 5.41) is 9.00. The zero-order chi connectivity index (χ0) is 13.8. The van der Waals surface area contributed by atoms with E-state index in [4.69, 9.17) is 14.6 Å². The van der Waals surface area contributed by atoms with E-state index < -0.39 is 5.97 Å². The Bertz CT molecular complexity index is 610. The van der Waals surface area contributed by atoms with Gasteiger partial charge in [0.05, 0.1) is 25.5 Å². The van der Waals surface area contributed by atoms with Crippen molar-refractivity contribution in [2.24, 2.45) is 0 Å². The number of carboxylic acids is 1.